The Labute approximate surface area is 108 Å². The first kappa shape index (κ1) is 11.7. The van der Waals surface area contributed by atoms with E-state index in [4.69, 9.17) is 4.98 Å². The molecule has 3 nitrogen and oxygen atoms in total. The maximum Gasteiger partial charge on any atom is 0.138 e. The van der Waals surface area contributed by atoms with Crippen molar-refractivity contribution < 1.29 is 0 Å². The van der Waals surface area contributed by atoms with Gasteiger partial charge in [0.2, 0.25) is 0 Å². The molecule has 0 saturated carbocycles. The Morgan fingerprint density at radius 1 is 1.39 bits per heavy atom. The second kappa shape index (κ2) is 4.39. The molecule has 1 unspecified atom stereocenters. The average Bonchev–Trinajstić information content (AvgIpc) is 2.75. The Kier molecular flexibility index (Phi) is 2.86. The number of aromatic nitrogens is 2. The molecule has 1 aliphatic rings. The molecule has 2 heterocycles. The smallest absolute Gasteiger partial charge is 0.138 e. The molecule has 1 atom stereocenters. The van der Waals surface area contributed by atoms with Crippen LogP contribution in [0.1, 0.15) is 43.1 Å². The number of aryl methyl sites for hydroxylation is 1. The number of aromatic amines is 1. The average molecular weight is 243 g/mol. The van der Waals surface area contributed by atoms with Gasteiger partial charge in [0.05, 0.1) is 0 Å². The number of hydrogen-bond acceptors (Lipinski definition) is 2. The molecule has 0 amide bonds. The molecule has 3 rings (SSSR count). The van der Waals surface area contributed by atoms with Gasteiger partial charge >= 0.3 is 0 Å². The lowest BCUT2D eigenvalue weighted by Gasteiger charge is -2.21. The molecule has 1 aliphatic carbocycles. The Morgan fingerprint density at radius 2 is 2.22 bits per heavy atom. The molecule has 0 aromatic carbocycles. The van der Waals surface area contributed by atoms with E-state index >= 15 is 0 Å². The molecular formula is C15H21N3. The standard InChI is InChI=1S/C15H21N3/c1-9(2)13-7-5-11-12-8-10(16-3)4-6-14(12)18-15(11)17-13/h5,7,9-10,16H,4,6,8H2,1-3H3,(H,17,18). The van der Waals surface area contributed by atoms with Gasteiger partial charge in [-0.1, -0.05) is 13.8 Å². The number of rotatable bonds is 2. The molecular weight excluding hydrogens is 222 g/mol. The highest BCUT2D eigenvalue weighted by atomic mass is 14.9. The van der Waals surface area contributed by atoms with E-state index in [1.54, 1.807) is 0 Å². The first-order chi connectivity index (χ1) is 8.69. The van der Waals surface area contributed by atoms with Crippen LogP contribution in [-0.4, -0.2) is 23.1 Å². The summed E-state index contributed by atoms with van der Waals surface area (Å²) < 4.78 is 0. The predicted octanol–water partition coefficient (Wildman–Crippen LogP) is 2.76. The Morgan fingerprint density at radius 3 is 2.94 bits per heavy atom. The van der Waals surface area contributed by atoms with Gasteiger partial charge in [0.25, 0.3) is 0 Å². The minimum Gasteiger partial charge on any atom is -0.343 e. The van der Waals surface area contributed by atoms with Crippen molar-refractivity contribution in [3.8, 4) is 0 Å². The van der Waals surface area contributed by atoms with Crippen molar-refractivity contribution in [3.05, 3.63) is 29.1 Å². The molecule has 3 heteroatoms. The number of nitrogens with one attached hydrogen (secondary N) is 2. The lowest BCUT2D eigenvalue weighted by atomic mass is 9.92. The van der Waals surface area contributed by atoms with Crippen LogP contribution in [0.4, 0.5) is 0 Å². The van der Waals surface area contributed by atoms with Crippen LogP contribution in [-0.2, 0) is 12.8 Å². The van der Waals surface area contributed by atoms with Gasteiger partial charge in [-0.2, -0.15) is 0 Å². The monoisotopic (exact) mass is 243 g/mol. The number of likely N-dealkylation sites (N-methyl/N-ethyl adjacent to an activating group) is 1. The number of H-pyrrole nitrogens is 1. The molecule has 0 spiro atoms. The maximum absolute atomic E-state index is 4.75. The summed E-state index contributed by atoms with van der Waals surface area (Å²) in [6.07, 6.45) is 3.47. The van der Waals surface area contributed by atoms with E-state index in [0.717, 1.165) is 18.5 Å². The lowest BCUT2D eigenvalue weighted by molar-refractivity contribution is 0.495. The zero-order valence-corrected chi connectivity index (χ0v) is 11.4. The number of hydrogen-bond donors (Lipinski definition) is 2. The minimum absolute atomic E-state index is 0.486. The van der Waals surface area contributed by atoms with Gasteiger partial charge in [0.1, 0.15) is 5.65 Å². The summed E-state index contributed by atoms with van der Waals surface area (Å²) in [4.78, 5) is 8.27. The van der Waals surface area contributed by atoms with E-state index in [0.29, 0.717) is 12.0 Å². The van der Waals surface area contributed by atoms with E-state index in [-0.39, 0.29) is 0 Å². The van der Waals surface area contributed by atoms with Gasteiger partial charge in [-0.05, 0) is 49.9 Å². The van der Waals surface area contributed by atoms with Crippen molar-refractivity contribution >= 4 is 11.0 Å². The summed E-state index contributed by atoms with van der Waals surface area (Å²) in [5.74, 6) is 0.486. The van der Waals surface area contributed by atoms with Crippen LogP contribution in [0.15, 0.2) is 12.1 Å². The molecule has 0 bridgehead atoms. The largest absolute Gasteiger partial charge is 0.343 e. The summed E-state index contributed by atoms with van der Waals surface area (Å²) in [6.45, 7) is 4.38. The Bertz CT molecular complexity index is 568. The lowest BCUT2D eigenvalue weighted by Crippen LogP contribution is -2.31. The zero-order valence-electron chi connectivity index (χ0n) is 11.4. The highest BCUT2D eigenvalue weighted by Gasteiger charge is 2.22. The maximum atomic E-state index is 4.75. The molecule has 2 aromatic heterocycles. The van der Waals surface area contributed by atoms with Crippen molar-refractivity contribution in [2.75, 3.05) is 7.05 Å². The molecule has 0 saturated heterocycles. The van der Waals surface area contributed by atoms with Crippen LogP contribution in [0.2, 0.25) is 0 Å². The van der Waals surface area contributed by atoms with Gasteiger partial charge < -0.3 is 10.3 Å². The van der Waals surface area contributed by atoms with Crippen LogP contribution in [0, 0.1) is 0 Å². The topological polar surface area (TPSA) is 40.7 Å². The fourth-order valence-corrected chi connectivity index (χ4v) is 2.88. The SMILES string of the molecule is CNC1CCc2[nH]c3nc(C(C)C)ccc3c2C1. The second-order valence-corrected chi connectivity index (χ2v) is 5.60. The molecule has 2 N–H and O–H groups in total. The number of nitrogens with zero attached hydrogens (tertiary/aromatic N) is 1. The second-order valence-electron chi connectivity index (χ2n) is 5.60. The summed E-state index contributed by atoms with van der Waals surface area (Å²) in [5.41, 5.74) is 5.11. The summed E-state index contributed by atoms with van der Waals surface area (Å²) in [6, 6.07) is 5.02. The Hall–Kier alpha value is -1.35. The van der Waals surface area contributed by atoms with Gasteiger partial charge in [-0.15, -0.1) is 0 Å². The number of pyridine rings is 1. The van der Waals surface area contributed by atoms with Crippen molar-refractivity contribution in [2.24, 2.45) is 0 Å². The fraction of sp³-hybridized carbons (Fsp3) is 0.533. The van der Waals surface area contributed by atoms with Gasteiger partial charge in [-0.25, -0.2) is 4.98 Å². The predicted molar refractivity (Wildman–Crippen MR) is 75.1 cm³/mol. The van der Waals surface area contributed by atoms with E-state index in [2.05, 4.69) is 43.3 Å². The summed E-state index contributed by atoms with van der Waals surface area (Å²) in [5, 5.41) is 4.71. The van der Waals surface area contributed by atoms with E-state index in [1.165, 1.54) is 28.8 Å². The Balaban J connectivity index is 2.08. The fourth-order valence-electron chi connectivity index (χ4n) is 2.88. The third kappa shape index (κ3) is 1.83. The molecule has 96 valence electrons. The molecule has 2 aromatic rings. The van der Waals surface area contributed by atoms with Crippen molar-refractivity contribution in [3.63, 3.8) is 0 Å². The first-order valence-electron chi connectivity index (χ1n) is 6.86. The minimum atomic E-state index is 0.486. The van der Waals surface area contributed by atoms with Gasteiger partial charge in [0, 0.05) is 22.8 Å². The summed E-state index contributed by atoms with van der Waals surface area (Å²) >= 11 is 0. The van der Waals surface area contributed by atoms with Crippen LogP contribution in [0.5, 0.6) is 0 Å². The summed E-state index contributed by atoms with van der Waals surface area (Å²) in [7, 11) is 2.06. The molecule has 0 aliphatic heterocycles. The number of fused-ring (bicyclic) bond motifs is 3. The first-order valence-corrected chi connectivity index (χ1v) is 6.86. The highest BCUT2D eigenvalue weighted by Crippen LogP contribution is 2.29. The molecule has 0 fully saturated rings. The third-order valence-electron chi connectivity index (χ3n) is 4.07. The van der Waals surface area contributed by atoms with Crippen molar-refractivity contribution in [1.29, 1.82) is 0 Å². The van der Waals surface area contributed by atoms with E-state index in [1.807, 2.05) is 0 Å². The normalized spacial score (nSPS) is 19.4. The molecule has 18 heavy (non-hydrogen) atoms. The van der Waals surface area contributed by atoms with Crippen LogP contribution in [0.3, 0.4) is 0 Å². The van der Waals surface area contributed by atoms with E-state index < -0.39 is 0 Å². The highest BCUT2D eigenvalue weighted by molar-refractivity contribution is 5.82. The van der Waals surface area contributed by atoms with Crippen LogP contribution >= 0.6 is 0 Å². The quantitative estimate of drug-likeness (QED) is 0.851. The zero-order chi connectivity index (χ0) is 12.7. The van der Waals surface area contributed by atoms with Crippen LogP contribution < -0.4 is 5.32 Å². The third-order valence-corrected chi connectivity index (χ3v) is 4.07. The van der Waals surface area contributed by atoms with Crippen molar-refractivity contribution in [1.82, 2.24) is 15.3 Å². The molecule has 0 radical (unpaired) electrons. The van der Waals surface area contributed by atoms with E-state index in [9.17, 15) is 0 Å². The van der Waals surface area contributed by atoms with Crippen molar-refractivity contribution in [2.45, 2.75) is 45.1 Å². The van der Waals surface area contributed by atoms with Crippen LogP contribution in [0.25, 0.3) is 11.0 Å². The van der Waals surface area contributed by atoms with Gasteiger partial charge in [0.15, 0.2) is 0 Å². The van der Waals surface area contributed by atoms with Gasteiger partial charge in [-0.3, -0.25) is 0 Å².